The Morgan fingerprint density at radius 3 is 2.29 bits per heavy atom. The number of ether oxygens (including phenoxy) is 1. The van der Waals surface area contributed by atoms with E-state index >= 15 is 0 Å². The summed E-state index contributed by atoms with van der Waals surface area (Å²) in [5.74, 6) is 0.262. The maximum atomic E-state index is 12.3. The first-order chi connectivity index (χ1) is 8.22. The molecule has 17 heavy (non-hydrogen) atoms. The number of benzene rings is 1. The first kappa shape index (κ1) is 12.3. The molecule has 0 bridgehead atoms. The van der Waals surface area contributed by atoms with Gasteiger partial charge in [0.15, 0.2) is 5.78 Å². The zero-order valence-electron chi connectivity index (χ0n) is 10.7. The first-order valence-electron chi connectivity index (χ1n) is 6.46. The van der Waals surface area contributed by atoms with E-state index in [1.165, 1.54) is 11.1 Å². The Bertz CT molecular complexity index is 384. The standard InChI is InChI=1S/C15H20O2/c1-3-7-14(16)15(17-4-2)10-12-8-5-6-9-13(12)11-15/h5-6,8-9H,3-4,7,10-11H2,1-2H3. The van der Waals surface area contributed by atoms with Crippen LogP contribution >= 0.6 is 0 Å². The molecule has 92 valence electrons. The summed E-state index contributed by atoms with van der Waals surface area (Å²) in [5, 5.41) is 0. The van der Waals surface area contributed by atoms with Crippen molar-refractivity contribution in [2.75, 3.05) is 6.61 Å². The molecule has 0 saturated carbocycles. The van der Waals surface area contributed by atoms with Gasteiger partial charge in [-0.2, -0.15) is 0 Å². The molecule has 0 spiro atoms. The van der Waals surface area contributed by atoms with Crippen molar-refractivity contribution in [3.05, 3.63) is 35.4 Å². The lowest BCUT2D eigenvalue weighted by atomic mass is 9.91. The van der Waals surface area contributed by atoms with Gasteiger partial charge in [-0.15, -0.1) is 0 Å². The molecular weight excluding hydrogens is 212 g/mol. The predicted molar refractivity (Wildman–Crippen MR) is 68.1 cm³/mol. The molecule has 0 heterocycles. The van der Waals surface area contributed by atoms with E-state index in [1.54, 1.807) is 0 Å². The van der Waals surface area contributed by atoms with Crippen LogP contribution in [-0.4, -0.2) is 18.0 Å². The highest BCUT2D eigenvalue weighted by molar-refractivity contribution is 5.89. The fraction of sp³-hybridized carbons (Fsp3) is 0.533. The van der Waals surface area contributed by atoms with Crippen LogP contribution < -0.4 is 0 Å². The molecule has 0 unspecified atom stereocenters. The molecule has 1 aliphatic carbocycles. The molecule has 2 heteroatoms. The first-order valence-corrected chi connectivity index (χ1v) is 6.46. The van der Waals surface area contributed by atoms with Crippen LogP contribution in [0.15, 0.2) is 24.3 Å². The molecule has 1 aromatic rings. The van der Waals surface area contributed by atoms with Crippen LogP contribution in [0.25, 0.3) is 0 Å². The van der Waals surface area contributed by atoms with Gasteiger partial charge >= 0.3 is 0 Å². The minimum Gasteiger partial charge on any atom is -0.367 e. The number of rotatable bonds is 5. The minimum atomic E-state index is -0.575. The summed E-state index contributed by atoms with van der Waals surface area (Å²) in [6.07, 6.45) is 3.00. The third kappa shape index (κ3) is 2.27. The van der Waals surface area contributed by atoms with Gasteiger partial charge < -0.3 is 4.74 Å². The van der Waals surface area contributed by atoms with Crippen molar-refractivity contribution in [1.82, 2.24) is 0 Å². The van der Waals surface area contributed by atoms with Crippen molar-refractivity contribution in [3.63, 3.8) is 0 Å². The average Bonchev–Trinajstić information content (AvgIpc) is 2.69. The van der Waals surface area contributed by atoms with E-state index in [2.05, 4.69) is 12.1 Å². The maximum absolute atomic E-state index is 12.3. The van der Waals surface area contributed by atoms with Gasteiger partial charge in [-0.3, -0.25) is 4.79 Å². The third-order valence-corrected chi connectivity index (χ3v) is 3.48. The Morgan fingerprint density at radius 2 is 1.82 bits per heavy atom. The molecule has 0 atom stereocenters. The Hall–Kier alpha value is -1.15. The lowest BCUT2D eigenvalue weighted by Crippen LogP contribution is -2.42. The molecule has 2 nitrogen and oxygen atoms in total. The van der Waals surface area contributed by atoms with Crippen LogP contribution in [0, 0.1) is 0 Å². The van der Waals surface area contributed by atoms with Gasteiger partial charge in [0.2, 0.25) is 0 Å². The van der Waals surface area contributed by atoms with Crippen LogP contribution in [0.5, 0.6) is 0 Å². The van der Waals surface area contributed by atoms with E-state index in [4.69, 9.17) is 4.74 Å². The van der Waals surface area contributed by atoms with Crippen LogP contribution in [0.2, 0.25) is 0 Å². The van der Waals surface area contributed by atoms with Gasteiger partial charge in [-0.1, -0.05) is 31.2 Å². The van der Waals surface area contributed by atoms with Gasteiger partial charge in [-0.25, -0.2) is 0 Å². The third-order valence-electron chi connectivity index (χ3n) is 3.48. The predicted octanol–water partition coefficient (Wildman–Crippen LogP) is 2.93. The zero-order valence-corrected chi connectivity index (χ0v) is 10.7. The van der Waals surface area contributed by atoms with E-state index in [-0.39, 0.29) is 5.78 Å². The van der Waals surface area contributed by atoms with Gasteiger partial charge in [0, 0.05) is 25.9 Å². The molecular formula is C15H20O2. The summed E-state index contributed by atoms with van der Waals surface area (Å²) in [7, 11) is 0. The van der Waals surface area contributed by atoms with E-state index < -0.39 is 5.60 Å². The second kappa shape index (κ2) is 5.01. The van der Waals surface area contributed by atoms with Crippen molar-refractivity contribution in [2.24, 2.45) is 0 Å². The highest BCUT2D eigenvalue weighted by Crippen LogP contribution is 2.34. The fourth-order valence-corrected chi connectivity index (χ4v) is 2.69. The van der Waals surface area contributed by atoms with Crippen LogP contribution in [0.1, 0.15) is 37.8 Å². The number of carbonyl (C=O) groups excluding carboxylic acids is 1. The molecule has 0 fully saturated rings. The number of ketones is 1. The summed E-state index contributed by atoms with van der Waals surface area (Å²) >= 11 is 0. The summed E-state index contributed by atoms with van der Waals surface area (Å²) in [6, 6.07) is 8.28. The van der Waals surface area contributed by atoms with E-state index in [1.807, 2.05) is 26.0 Å². The van der Waals surface area contributed by atoms with Gasteiger partial charge in [0.1, 0.15) is 5.60 Å². The topological polar surface area (TPSA) is 26.3 Å². The van der Waals surface area contributed by atoms with Crippen molar-refractivity contribution in [2.45, 2.75) is 45.1 Å². The van der Waals surface area contributed by atoms with Crippen molar-refractivity contribution < 1.29 is 9.53 Å². The van der Waals surface area contributed by atoms with Gasteiger partial charge in [0.05, 0.1) is 0 Å². The SMILES string of the molecule is CCCC(=O)C1(OCC)Cc2ccccc2C1. The Labute approximate surface area is 103 Å². The highest BCUT2D eigenvalue weighted by atomic mass is 16.5. The van der Waals surface area contributed by atoms with Crippen molar-refractivity contribution in [1.29, 1.82) is 0 Å². The van der Waals surface area contributed by atoms with Crippen LogP contribution in [0.3, 0.4) is 0 Å². The van der Waals surface area contributed by atoms with Crippen molar-refractivity contribution in [3.8, 4) is 0 Å². The summed E-state index contributed by atoms with van der Waals surface area (Å²) in [4.78, 5) is 12.3. The minimum absolute atomic E-state index is 0.262. The normalized spacial score (nSPS) is 16.8. The fourth-order valence-electron chi connectivity index (χ4n) is 2.69. The monoisotopic (exact) mass is 232 g/mol. The van der Waals surface area contributed by atoms with E-state index in [0.29, 0.717) is 13.0 Å². The second-order valence-electron chi connectivity index (χ2n) is 4.72. The number of hydrogen-bond acceptors (Lipinski definition) is 2. The Balaban J connectivity index is 2.25. The van der Waals surface area contributed by atoms with Gasteiger partial charge in [0.25, 0.3) is 0 Å². The smallest absolute Gasteiger partial charge is 0.165 e. The molecule has 0 N–H and O–H groups in total. The number of fused-ring (bicyclic) bond motifs is 1. The van der Waals surface area contributed by atoms with Crippen LogP contribution in [0.4, 0.5) is 0 Å². The molecule has 0 amide bonds. The van der Waals surface area contributed by atoms with E-state index in [9.17, 15) is 4.79 Å². The molecule has 1 aliphatic rings. The van der Waals surface area contributed by atoms with Crippen LogP contribution in [-0.2, 0) is 22.4 Å². The second-order valence-corrected chi connectivity index (χ2v) is 4.72. The Kier molecular flexibility index (Phi) is 3.63. The zero-order chi connectivity index (χ0) is 12.3. The molecule has 2 rings (SSSR count). The number of Topliss-reactive ketones (excluding diaryl/α,β-unsaturated/α-hetero) is 1. The molecule has 0 saturated heterocycles. The largest absolute Gasteiger partial charge is 0.367 e. The number of carbonyl (C=O) groups is 1. The summed E-state index contributed by atoms with van der Waals surface area (Å²) in [5.41, 5.74) is 1.96. The lowest BCUT2D eigenvalue weighted by molar-refractivity contribution is -0.143. The molecule has 0 aliphatic heterocycles. The summed E-state index contributed by atoms with van der Waals surface area (Å²) < 4.78 is 5.84. The number of hydrogen-bond donors (Lipinski definition) is 0. The van der Waals surface area contributed by atoms with Gasteiger partial charge in [-0.05, 0) is 24.5 Å². The lowest BCUT2D eigenvalue weighted by Gasteiger charge is -2.27. The maximum Gasteiger partial charge on any atom is 0.165 e. The van der Waals surface area contributed by atoms with E-state index in [0.717, 1.165) is 19.3 Å². The molecule has 0 aromatic heterocycles. The summed E-state index contributed by atoms with van der Waals surface area (Å²) in [6.45, 7) is 4.60. The van der Waals surface area contributed by atoms with Crippen molar-refractivity contribution >= 4 is 5.78 Å². The highest BCUT2D eigenvalue weighted by Gasteiger charge is 2.43. The Morgan fingerprint density at radius 1 is 1.24 bits per heavy atom. The average molecular weight is 232 g/mol. The molecule has 0 radical (unpaired) electrons. The quantitative estimate of drug-likeness (QED) is 0.780. The molecule has 1 aromatic carbocycles.